The minimum absolute atomic E-state index is 0.249. The van der Waals surface area contributed by atoms with Crippen LogP contribution in [0.15, 0.2) is 42.6 Å². The second-order valence-electron chi connectivity index (χ2n) is 7.60. The van der Waals surface area contributed by atoms with Gasteiger partial charge in [0, 0.05) is 23.8 Å². The Bertz CT molecular complexity index is 975. The van der Waals surface area contributed by atoms with Gasteiger partial charge in [-0.3, -0.25) is 0 Å². The van der Waals surface area contributed by atoms with Crippen LogP contribution >= 0.6 is 0 Å². The summed E-state index contributed by atoms with van der Waals surface area (Å²) in [6, 6.07) is 11.8. The minimum atomic E-state index is -0.332. The summed E-state index contributed by atoms with van der Waals surface area (Å²) in [5.74, 6) is -0.0489. The summed E-state index contributed by atoms with van der Waals surface area (Å²) < 4.78 is 20.8. The number of methoxy groups -OCH3 is 1. The number of halogens is 1. The zero-order chi connectivity index (χ0) is 19.7. The molecule has 1 aliphatic carbocycles. The van der Waals surface area contributed by atoms with Crippen LogP contribution in [0.25, 0.3) is 5.69 Å². The van der Waals surface area contributed by atoms with Crippen molar-refractivity contribution in [1.82, 2.24) is 15.1 Å². The van der Waals surface area contributed by atoms with Crippen molar-refractivity contribution in [3.8, 4) is 11.4 Å². The molecule has 1 aromatic heterocycles. The van der Waals surface area contributed by atoms with E-state index in [1.165, 1.54) is 35.6 Å². The summed E-state index contributed by atoms with van der Waals surface area (Å²) in [5.41, 5.74) is 7.17. The molecule has 0 radical (unpaired) electrons. The summed E-state index contributed by atoms with van der Waals surface area (Å²) >= 11 is 0. The van der Waals surface area contributed by atoms with Gasteiger partial charge < -0.3 is 10.1 Å². The maximum Gasteiger partial charge on any atom is 0.165 e. The van der Waals surface area contributed by atoms with Crippen LogP contribution in [0.3, 0.4) is 0 Å². The number of hydrogen-bond donors (Lipinski definition) is 1. The van der Waals surface area contributed by atoms with Gasteiger partial charge in [0.2, 0.25) is 0 Å². The summed E-state index contributed by atoms with van der Waals surface area (Å²) in [4.78, 5) is 0. The Morgan fingerprint density at radius 1 is 1.18 bits per heavy atom. The standard InChI is InChI=1S/C23H26FN3O/c1-15-9-16(2)11-18(10-15)27-22-6-4-5-21(19(22)14-26-27)25-13-17-7-8-20(24)23(12-17)28-3/h7-12,14,21,25H,4-6,13H2,1-3H3. The smallest absolute Gasteiger partial charge is 0.165 e. The van der Waals surface area contributed by atoms with Gasteiger partial charge in [0.15, 0.2) is 11.6 Å². The van der Waals surface area contributed by atoms with E-state index < -0.39 is 0 Å². The molecule has 0 bridgehead atoms. The van der Waals surface area contributed by atoms with Gasteiger partial charge in [-0.15, -0.1) is 0 Å². The Labute approximate surface area is 165 Å². The van der Waals surface area contributed by atoms with Gasteiger partial charge in [-0.25, -0.2) is 9.07 Å². The maximum atomic E-state index is 13.6. The fourth-order valence-corrected chi connectivity index (χ4v) is 4.12. The Kier molecular flexibility index (Phi) is 5.18. The predicted octanol–water partition coefficient (Wildman–Crippen LogP) is 4.80. The lowest BCUT2D eigenvalue weighted by Gasteiger charge is -2.24. The van der Waals surface area contributed by atoms with Gasteiger partial charge in [-0.2, -0.15) is 5.10 Å². The molecular formula is C23H26FN3O. The number of fused-ring (bicyclic) bond motifs is 1. The number of aryl methyl sites for hydroxylation is 2. The van der Waals surface area contributed by atoms with E-state index in [1.807, 2.05) is 6.20 Å². The first-order chi connectivity index (χ1) is 13.5. The highest BCUT2D eigenvalue weighted by atomic mass is 19.1. The molecule has 4 rings (SSSR count). The fraction of sp³-hybridized carbons (Fsp3) is 0.348. The molecule has 4 nitrogen and oxygen atoms in total. The highest BCUT2D eigenvalue weighted by molar-refractivity contribution is 5.42. The number of aromatic nitrogens is 2. The van der Waals surface area contributed by atoms with E-state index in [9.17, 15) is 4.39 Å². The van der Waals surface area contributed by atoms with Gasteiger partial charge in [0.25, 0.3) is 0 Å². The van der Waals surface area contributed by atoms with E-state index in [0.29, 0.717) is 6.54 Å². The molecule has 2 aromatic carbocycles. The first-order valence-corrected chi connectivity index (χ1v) is 9.76. The molecule has 1 N–H and O–H groups in total. The number of rotatable bonds is 5. The summed E-state index contributed by atoms with van der Waals surface area (Å²) in [7, 11) is 1.49. The molecule has 0 saturated heterocycles. The van der Waals surface area contributed by atoms with Crippen LogP contribution < -0.4 is 10.1 Å². The minimum Gasteiger partial charge on any atom is -0.494 e. The first kappa shape index (κ1) is 18.7. The molecule has 146 valence electrons. The Morgan fingerprint density at radius 2 is 1.96 bits per heavy atom. The molecule has 1 heterocycles. The topological polar surface area (TPSA) is 39.1 Å². The van der Waals surface area contributed by atoms with Crippen molar-refractivity contribution in [2.75, 3.05) is 7.11 Å². The third-order valence-corrected chi connectivity index (χ3v) is 5.40. The summed E-state index contributed by atoms with van der Waals surface area (Å²) in [6.45, 7) is 4.90. The third kappa shape index (κ3) is 3.67. The van der Waals surface area contributed by atoms with Gasteiger partial charge in [0.05, 0.1) is 19.0 Å². The van der Waals surface area contributed by atoms with Crippen molar-refractivity contribution in [1.29, 1.82) is 0 Å². The van der Waals surface area contributed by atoms with E-state index in [1.54, 1.807) is 12.1 Å². The lowest BCUT2D eigenvalue weighted by Crippen LogP contribution is -2.25. The largest absolute Gasteiger partial charge is 0.494 e. The molecule has 1 aliphatic rings. The van der Waals surface area contributed by atoms with Crippen LogP contribution in [0.4, 0.5) is 4.39 Å². The quantitative estimate of drug-likeness (QED) is 0.692. The molecule has 1 unspecified atom stereocenters. The van der Waals surface area contributed by atoms with Gasteiger partial charge >= 0.3 is 0 Å². The van der Waals surface area contributed by atoms with Crippen molar-refractivity contribution < 1.29 is 9.13 Å². The summed E-state index contributed by atoms with van der Waals surface area (Å²) in [6.07, 6.45) is 5.22. The Morgan fingerprint density at radius 3 is 2.71 bits per heavy atom. The van der Waals surface area contributed by atoms with E-state index in [0.717, 1.165) is 30.5 Å². The van der Waals surface area contributed by atoms with Gasteiger partial charge in [-0.1, -0.05) is 12.1 Å². The average Bonchev–Trinajstić information content (AvgIpc) is 3.11. The molecule has 0 spiro atoms. The number of hydrogen-bond acceptors (Lipinski definition) is 3. The molecule has 0 amide bonds. The van der Waals surface area contributed by atoms with Crippen LogP contribution in [0.1, 0.15) is 46.8 Å². The SMILES string of the molecule is COc1cc(CNC2CCCc3c2cnn3-c2cc(C)cc(C)c2)ccc1F. The maximum absolute atomic E-state index is 13.6. The number of nitrogens with zero attached hydrogens (tertiary/aromatic N) is 2. The number of nitrogens with one attached hydrogen (secondary N) is 1. The van der Waals surface area contributed by atoms with Crippen LogP contribution in [0.5, 0.6) is 5.75 Å². The third-order valence-electron chi connectivity index (χ3n) is 5.40. The van der Waals surface area contributed by atoms with Gasteiger partial charge in [0.1, 0.15) is 0 Å². The second kappa shape index (κ2) is 7.76. The second-order valence-corrected chi connectivity index (χ2v) is 7.60. The monoisotopic (exact) mass is 379 g/mol. The molecule has 1 atom stereocenters. The average molecular weight is 379 g/mol. The molecule has 3 aromatic rings. The molecule has 0 aliphatic heterocycles. The zero-order valence-corrected chi connectivity index (χ0v) is 16.6. The highest BCUT2D eigenvalue weighted by Gasteiger charge is 2.24. The fourth-order valence-electron chi connectivity index (χ4n) is 4.12. The van der Waals surface area contributed by atoms with Crippen molar-refractivity contribution in [2.45, 2.75) is 45.7 Å². The van der Waals surface area contributed by atoms with Gasteiger partial charge in [-0.05, 0) is 74.1 Å². The first-order valence-electron chi connectivity index (χ1n) is 9.76. The van der Waals surface area contributed by atoms with E-state index in [-0.39, 0.29) is 17.6 Å². The number of benzene rings is 2. The summed E-state index contributed by atoms with van der Waals surface area (Å²) in [5, 5.41) is 8.32. The van der Waals surface area contributed by atoms with E-state index in [2.05, 4.69) is 42.0 Å². The van der Waals surface area contributed by atoms with Crippen molar-refractivity contribution in [2.24, 2.45) is 0 Å². The highest BCUT2D eigenvalue weighted by Crippen LogP contribution is 2.32. The molecular weight excluding hydrogens is 353 g/mol. The van der Waals surface area contributed by atoms with Crippen LogP contribution in [-0.2, 0) is 13.0 Å². The van der Waals surface area contributed by atoms with E-state index in [4.69, 9.17) is 9.84 Å². The van der Waals surface area contributed by atoms with Crippen molar-refractivity contribution in [3.05, 3.63) is 76.4 Å². The van der Waals surface area contributed by atoms with E-state index >= 15 is 0 Å². The number of ether oxygens (including phenoxy) is 1. The Balaban J connectivity index is 1.56. The van der Waals surface area contributed by atoms with Crippen LogP contribution in [-0.4, -0.2) is 16.9 Å². The van der Waals surface area contributed by atoms with Crippen molar-refractivity contribution >= 4 is 0 Å². The molecule has 0 fully saturated rings. The lowest BCUT2D eigenvalue weighted by molar-refractivity contribution is 0.385. The molecule has 5 heteroatoms. The predicted molar refractivity (Wildman–Crippen MR) is 109 cm³/mol. The van der Waals surface area contributed by atoms with Crippen molar-refractivity contribution in [3.63, 3.8) is 0 Å². The molecule has 28 heavy (non-hydrogen) atoms. The van der Waals surface area contributed by atoms with Crippen LogP contribution in [0.2, 0.25) is 0 Å². The normalized spacial score (nSPS) is 16.1. The zero-order valence-electron chi connectivity index (χ0n) is 16.6. The lowest BCUT2D eigenvalue weighted by atomic mass is 9.92. The Hall–Kier alpha value is -2.66. The molecule has 0 saturated carbocycles. The van der Waals surface area contributed by atoms with Crippen LogP contribution in [0, 0.1) is 19.7 Å².